The predicted molar refractivity (Wildman–Crippen MR) is 86.4 cm³/mol. The van der Waals surface area contributed by atoms with Gasteiger partial charge in [0.1, 0.15) is 11.9 Å². The lowest BCUT2D eigenvalue weighted by molar-refractivity contribution is 0.0521. The summed E-state index contributed by atoms with van der Waals surface area (Å²) in [5.74, 6) is 0.531. The first-order chi connectivity index (χ1) is 10.3. The molecule has 2 N–H and O–H groups in total. The van der Waals surface area contributed by atoms with E-state index in [2.05, 4.69) is 34.4 Å². The van der Waals surface area contributed by atoms with Gasteiger partial charge in [-0.3, -0.25) is 0 Å². The third-order valence-electron chi connectivity index (χ3n) is 2.86. The molecule has 0 saturated heterocycles. The van der Waals surface area contributed by atoms with Crippen LogP contribution in [-0.2, 0) is 11.3 Å². The average molecular weight is 308 g/mol. The number of amides is 1. The fourth-order valence-electron chi connectivity index (χ4n) is 2.00. The van der Waals surface area contributed by atoms with Gasteiger partial charge >= 0.3 is 6.09 Å². The van der Waals surface area contributed by atoms with Crippen molar-refractivity contribution in [3.8, 4) is 0 Å². The molecule has 1 heterocycles. The van der Waals surface area contributed by atoms with Gasteiger partial charge in [0.15, 0.2) is 0 Å². The average Bonchev–Trinajstić information content (AvgIpc) is 2.40. The molecular formula is C16H28N4O2. The Kier molecular flexibility index (Phi) is 7.24. The summed E-state index contributed by atoms with van der Waals surface area (Å²) in [6, 6.07) is 2.04. The van der Waals surface area contributed by atoms with Gasteiger partial charge in [0, 0.05) is 25.3 Å². The van der Waals surface area contributed by atoms with Crippen LogP contribution < -0.4 is 10.6 Å². The summed E-state index contributed by atoms with van der Waals surface area (Å²) >= 11 is 0. The lowest BCUT2D eigenvalue weighted by atomic mass is 10.0. The van der Waals surface area contributed by atoms with E-state index in [1.54, 1.807) is 6.20 Å². The molecule has 124 valence electrons. The van der Waals surface area contributed by atoms with Gasteiger partial charge in [-0.05, 0) is 39.2 Å². The van der Waals surface area contributed by atoms with Crippen LogP contribution in [-0.4, -0.2) is 34.2 Å². The Morgan fingerprint density at radius 3 is 2.64 bits per heavy atom. The van der Waals surface area contributed by atoms with Gasteiger partial charge < -0.3 is 15.4 Å². The summed E-state index contributed by atoms with van der Waals surface area (Å²) in [6.45, 7) is 11.1. The highest BCUT2D eigenvalue weighted by Gasteiger charge is 2.18. The second-order valence-electron chi connectivity index (χ2n) is 6.79. The van der Waals surface area contributed by atoms with Crippen LogP contribution in [0, 0.1) is 5.92 Å². The summed E-state index contributed by atoms with van der Waals surface area (Å²) < 4.78 is 5.26. The molecule has 0 aromatic carbocycles. The lowest BCUT2D eigenvalue weighted by Gasteiger charge is -2.23. The highest BCUT2D eigenvalue weighted by atomic mass is 16.6. The van der Waals surface area contributed by atoms with Crippen molar-refractivity contribution in [2.45, 2.75) is 59.2 Å². The molecule has 1 unspecified atom stereocenters. The molecule has 6 nitrogen and oxygen atoms in total. The van der Waals surface area contributed by atoms with Crippen LogP contribution in [0.1, 0.15) is 46.7 Å². The Morgan fingerprint density at radius 1 is 1.36 bits per heavy atom. The van der Waals surface area contributed by atoms with E-state index in [1.807, 2.05) is 26.8 Å². The molecule has 0 spiro atoms. The summed E-state index contributed by atoms with van der Waals surface area (Å²) in [7, 11) is 0. The van der Waals surface area contributed by atoms with E-state index in [0.717, 1.165) is 12.1 Å². The van der Waals surface area contributed by atoms with Crippen molar-refractivity contribution in [1.29, 1.82) is 0 Å². The van der Waals surface area contributed by atoms with Crippen LogP contribution >= 0.6 is 0 Å². The maximum absolute atomic E-state index is 11.7. The smallest absolute Gasteiger partial charge is 0.407 e. The Morgan fingerprint density at radius 2 is 2.09 bits per heavy atom. The maximum Gasteiger partial charge on any atom is 0.407 e. The van der Waals surface area contributed by atoms with Crippen LogP contribution in [0.3, 0.4) is 0 Å². The second kappa shape index (κ2) is 8.68. The van der Waals surface area contributed by atoms with Gasteiger partial charge in [0.2, 0.25) is 0 Å². The Labute approximate surface area is 133 Å². The molecular weight excluding hydrogens is 280 g/mol. The van der Waals surface area contributed by atoms with Crippen LogP contribution in [0.5, 0.6) is 0 Å². The molecule has 0 saturated carbocycles. The fourth-order valence-corrected chi connectivity index (χ4v) is 2.00. The van der Waals surface area contributed by atoms with E-state index in [0.29, 0.717) is 19.0 Å². The van der Waals surface area contributed by atoms with E-state index in [1.165, 1.54) is 6.33 Å². The molecule has 1 aromatic heterocycles. The molecule has 22 heavy (non-hydrogen) atoms. The summed E-state index contributed by atoms with van der Waals surface area (Å²) in [6.07, 6.45) is 3.83. The molecule has 1 rings (SSSR count). The Hall–Kier alpha value is -1.69. The van der Waals surface area contributed by atoms with E-state index >= 15 is 0 Å². The topological polar surface area (TPSA) is 76.1 Å². The molecule has 0 aliphatic rings. The molecule has 6 heteroatoms. The number of alkyl carbamates (subject to hydrolysis) is 1. The summed E-state index contributed by atoms with van der Waals surface area (Å²) in [5.41, 5.74) is 0.451. The van der Waals surface area contributed by atoms with Gasteiger partial charge in [-0.25, -0.2) is 14.8 Å². The number of ether oxygens (including phenoxy) is 1. The third-order valence-corrected chi connectivity index (χ3v) is 2.86. The normalized spacial score (nSPS) is 13.0. The number of aromatic nitrogens is 2. The first kappa shape index (κ1) is 18.4. The first-order valence-corrected chi connectivity index (χ1v) is 7.71. The number of carbonyl (C=O) groups excluding carboxylic acids is 1. The van der Waals surface area contributed by atoms with E-state index in [4.69, 9.17) is 4.74 Å². The van der Waals surface area contributed by atoms with Gasteiger partial charge in [-0.2, -0.15) is 0 Å². The lowest BCUT2D eigenvalue weighted by Crippen LogP contribution is -2.43. The molecule has 1 amide bonds. The Bertz CT molecular complexity index is 443. The van der Waals surface area contributed by atoms with Crippen LogP contribution in [0.25, 0.3) is 0 Å². The number of nitrogens with one attached hydrogen (secondary N) is 2. The highest BCUT2D eigenvalue weighted by molar-refractivity contribution is 5.67. The first-order valence-electron chi connectivity index (χ1n) is 7.71. The van der Waals surface area contributed by atoms with Crippen molar-refractivity contribution in [2.75, 3.05) is 6.54 Å². The number of carbonyl (C=O) groups is 1. The van der Waals surface area contributed by atoms with Gasteiger partial charge in [-0.15, -0.1) is 0 Å². The monoisotopic (exact) mass is 308 g/mol. The molecule has 0 aliphatic carbocycles. The molecule has 1 aromatic rings. The van der Waals surface area contributed by atoms with Crippen LogP contribution in [0.4, 0.5) is 4.79 Å². The number of hydrogen-bond donors (Lipinski definition) is 2. The summed E-state index contributed by atoms with van der Waals surface area (Å²) in [4.78, 5) is 19.8. The van der Waals surface area contributed by atoms with Crippen molar-refractivity contribution in [2.24, 2.45) is 5.92 Å². The summed E-state index contributed by atoms with van der Waals surface area (Å²) in [5, 5.41) is 6.25. The van der Waals surface area contributed by atoms with Gasteiger partial charge in [0.25, 0.3) is 0 Å². The third kappa shape index (κ3) is 8.56. The molecule has 0 fully saturated rings. The molecule has 0 bridgehead atoms. The predicted octanol–water partition coefficient (Wildman–Crippen LogP) is 2.51. The maximum atomic E-state index is 11.7. The number of nitrogens with zero attached hydrogens (tertiary/aromatic N) is 2. The van der Waals surface area contributed by atoms with Gasteiger partial charge in [0.05, 0.1) is 5.69 Å². The largest absolute Gasteiger partial charge is 0.444 e. The Balaban J connectivity index is 2.45. The minimum atomic E-state index is -0.480. The quantitative estimate of drug-likeness (QED) is 0.809. The van der Waals surface area contributed by atoms with Crippen molar-refractivity contribution in [1.82, 2.24) is 20.6 Å². The van der Waals surface area contributed by atoms with Gasteiger partial charge in [-0.1, -0.05) is 13.8 Å². The molecule has 1 atom stereocenters. The van der Waals surface area contributed by atoms with Crippen LogP contribution in [0.2, 0.25) is 0 Å². The number of rotatable bonds is 7. The zero-order chi connectivity index (χ0) is 16.6. The minimum absolute atomic E-state index is 0.169. The molecule has 0 aliphatic heterocycles. The highest BCUT2D eigenvalue weighted by Crippen LogP contribution is 2.08. The zero-order valence-corrected chi connectivity index (χ0v) is 14.2. The van der Waals surface area contributed by atoms with E-state index in [-0.39, 0.29) is 12.1 Å². The van der Waals surface area contributed by atoms with Crippen molar-refractivity contribution in [3.63, 3.8) is 0 Å². The van der Waals surface area contributed by atoms with Crippen molar-refractivity contribution >= 4 is 6.09 Å². The fraction of sp³-hybridized carbons (Fsp3) is 0.688. The SMILES string of the molecule is CC(C)CC(CNC(=O)OC(C)(C)C)NCc1ccncn1. The van der Waals surface area contributed by atoms with Crippen molar-refractivity contribution < 1.29 is 9.53 Å². The van der Waals surface area contributed by atoms with Crippen molar-refractivity contribution in [3.05, 3.63) is 24.3 Å². The number of hydrogen-bond acceptors (Lipinski definition) is 5. The van der Waals surface area contributed by atoms with E-state index in [9.17, 15) is 4.79 Å². The molecule has 0 radical (unpaired) electrons. The van der Waals surface area contributed by atoms with E-state index < -0.39 is 5.60 Å². The second-order valence-corrected chi connectivity index (χ2v) is 6.79. The zero-order valence-electron chi connectivity index (χ0n) is 14.2. The standard InChI is InChI=1S/C16H28N4O2/c1-12(2)8-14(10-19-15(21)22-16(3,4)5)18-9-13-6-7-17-11-20-13/h6-7,11-12,14,18H,8-10H2,1-5H3,(H,19,21). The van der Waals surface area contributed by atoms with Crippen LogP contribution in [0.15, 0.2) is 18.6 Å². The minimum Gasteiger partial charge on any atom is -0.444 e.